The molecule has 0 spiro atoms. The number of carboxylic acids is 2. The van der Waals surface area contributed by atoms with E-state index in [1.807, 2.05) is 48.5 Å². The molecule has 2 unspecified atom stereocenters. The SMILES string of the molecule is COCCCC(=O)NCCN1CCC[C@@H]1Cn1nc(Cc2ccc(Cl)cc2)c2ccccc2c1=O.O=C(O)C(O)C(O)C(=O)O. The predicted octanol–water partition coefficient (Wildman–Crippen LogP) is 1.53. The van der Waals surface area contributed by atoms with Crippen LogP contribution in [0.15, 0.2) is 53.3 Å². The third-order valence-electron chi connectivity index (χ3n) is 7.39. The maximum atomic E-state index is 13.3. The summed E-state index contributed by atoms with van der Waals surface area (Å²) in [6, 6.07) is 15.7. The first-order chi connectivity index (χ1) is 21.5. The topological polar surface area (TPSA) is 192 Å². The molecule has 0 saturated carbocycles. The zero-order chi connectivity index (χ0) is 32.9. The van der Waals surface area contributed by atoms with Crippen molar-refractivity contribution in [2.45, 2.75) is 56.9 Å². The van der Waals surface area contributed by atoms with Crippen molar-refractivity contribution in [1.82, 2.24) is 20.0 Å². The quantitative estimate of drug-likeness (QED) is 0.160. The summed E-state index contributed by atoms with van der Waals surface area (Å²) in [6.45, 7) is 3.46. The van der Waals surface area contributed by atoms with E-state index < -0.39 is 24.1 Å². The van der Waals surface area contributed by atoms with Crippen molar-refractivity contribution < 1.29 is 39.5 Å². The molecule has 4 rings (SSSR count). The first-order valence-corrected chi connectivity index (χ1v) is 14.9. The number of ether oxygens (including phenoxy) is 1. The maximum Gasteiger partial charge on any atom is 0.335 e. The van der Waals surface area contributed by atoms with E-state index in [1.54, 1.807) is 11.8 Å². The number of likely N-dealkylation sites (tertiary alicyclic amines) is 1. The fraction of sp³-hybridized carbons (Fsp3) is 0.452. The normalized spacial score (nSPS) is 16.0. The molecule has 1 saturated heterocycles. The number of hydrogen-bond acceptors (Lipinski definition) is 9. The lowest BCUT2D eigenvalue weighted by Crippen LogP contribution is -2.41. The number of aliphatic hydroxyl groups excluding tert-OH is 2. The highest BCUT2D eigenvalue weighted by Crippen LogP contribution is 2.21. The van der Waals surface area contributed by atoms with Crippen molar-refractivity contribution >= 4 is 40.2 Å². The predicted molar refractivity (Wildman–Crippen MR) is 166 cm³/mol. The summed E-state index contributed by atoms with van der Waals surface area (Å²) < 4.78 is 6.64. The Kier molecular flexibility index (Phi) is 13.9. The number of amides is 1. The molecule has 45 heavy (non-hydrogen) atoms. The molecule has 1 aliphatic rings. The minimum absolute atomic E-state index is 0.0528. The molecule has 244 valence electrons. The van der Waals surface area contributed by atoms with Gasteiger partial charge in [-0.15, -0.1) is 0 Å². The van der Waals surface area contributed by atoms with Crippen LogP contribution in [0, 0.1) is 0 Å². The van der Waals surface area contributed by atoms with Crippen LogP contribution in [0.4, 0.5) is 0 Å². The highest BCUT2D eigenvalue weighted by Gasteiger charge is 2.29. The minimum atomic E-state index is -2.27. The number of aromatic nitrogens is 2. The zero-order valence-corrected chi connectivity index (χ0v) is 25.7. The number of carbonyl (C=O) groups is 3. The van der Waals surface area contributed by atoms with Gasteiger partial charge in [-0.3, -0.25) is 14.5 Å². The summed E-state index contributed by atoms with van der Waals surface area (Å²) in [5.41, 5.74) is 1.93. The fourth-order valence-corrected chi connectivity index (χ4v) is 5.15. The van der Waals surface area contributed by atoms with Crippen LogP contribution in [0.1, 0.15) is 36.9 Å². The van der Waals surface area contributed by atoms with Crippen molar-refractivity contribution in [3.63, 3.8) is 0 Å². The third kappa shape index (κ3) is 10.6. The van der Waals surface area contributed by atoms with E-state index in [-0.39, 0.29) is 17.5 Å². The number of rotatable bonds is 14. The minimum Gasteiger partial charge on any atom is -0.479 e. The molecule has 2 heterocycles. The van der Waals surface area contributed by atoms with Crippen LogP contribution in [0.2, 0.25) is 5.02 Å². The van der Waals surface area contributed by atoms with Gasteiger partial charge in [0, 0.05) is 56.1 Å². The molecule has 0 aliphatic carbocycles. The van der Waals surface area contributed by atoms with Crippen molar-refractivity contribution in [2.75, 3.05) is 33.4 Å². The Morgan fingerprint density at radius 1 is 1.04 bits per heavy atom. The number of aliphatic hydroxyl groups is 2. The van der Waals surface area contributed by atoms with Gasteiger partial charge >= 0.3 is 11.9 Å². The lowest BCUT2D eigenvalue weighted by atomic mass is 10.0. The van der Waals surface area contributed by atoms with Crippen molar-refractivity contribution in [1.29, 1.82) is 0 Å². The summed E-state index contributed by atoms with van der Waals surface area (Å²) in [6.07, 6.45) is -0.619. The molecule has 3 aromatic rings. The number of methoxy groups -OCH3 is 1. The number of carbonyl (C=O) groups excluding carboxylic acids is 1. The third-order valence-corrected chi connectivity index (χ3v) is 7.64. The molecular weight excluding hydrogens is 608 g/mol. The van der Waals surface area contributed by atoms with E-state index in [9.17, 15) is 19.2 Å². The molecule has 3 atom stereocenters. The number of carboxylic acid groups (broad SMARTS) is 2. The summed E-state index contributed by atoms with van der Waals surface area (Å²) in [7, 11) is 1.64. The average molecular weight is 647 g/mol. The van der Waals surface area contributed by atoms with Gasteiger partial charge in [0.15, 0.2) is 12.2 Å². The monoisotopic (exact) mass is 646 g/mol. The molecule has 2 aromatic carbocycles. The number of benzene rings is 2. The fourth-order valence-electron chi connectivity index (χ4n) is 5.03. The second-order valence-corrected chi connectivity index (χ2v) is 11.1. The van der Waals surface area contributed by atoms with Crippen LogP contribution in [0.3, 0.4) is 0 Å². The zero-order valence-electron chi connectivity index (χ0n) is 25.0. The van der Waals surface area contributed by atoms with Gasteiger partial charge in [-0.1, -0.05) is 41.9 Å². The molecule has 0 radical (unpaired) electrons. The molecule has 5 N–H and O–H groups in total. The van der Waals surface area contributed by atoms with Crippen molar-refractivity contribution in [3.05, 3.63) is 75.2 Å². The number of aliphatic carboxylic acids is 2. The first-order valence-electron chi connectivity index (χ1n) is 14.6. The van der Waals surface area contributed by atoms with E-state index in [0.717, 1.165) is 49.0 Å². The van der Waals surface area contributed by atoms with Crippen LogP contribution in [0.25, 0.3) is 10.8 Å². The van der Waals surface area contributed by atoms with Gasteiger partial charge < -0.3 is 30.5 Å². The number of hydrogen-bond donors (Lipinski definition) is 5. The standard InChI is InChI=1S/C27H33ClN4O3.C4H6O6/c1-35-17-5-9-26(33)29-14-16-31-15-4-6-22(31)19-32-27(34)24-8-3-2-7-23(24)25(30-32)18-20-10-12-21(28)13-11-20;5-1(3(7)8)2(6)4(9)10/h2-3,7-8,10-13,22H,4-6,9,14-19H2,1H3,(H,29,33);1-2,5-6H,(H,7,8)(H,9,10)/t22-;/m1./s1. The van der Waals surface area contributed by atoms with E-state index in [0.29, 0.717) is 42.9 Å². The molecular formula is C31H39ClN4O9. The average Bonchev–Trinajstić information content (AvgIpc) is 3.46. The molecule has 1 aliphatic heterocycles. The molecule has 0 bridgehead atoms. The highest BCUT2D eigenvalue weighted by molar-refractivity contribution is 6.30. The smallest absolute Gasteiger partial charge is 0.335 e. The largest absolute Gasteiger partial charge is 0.479 e. The summed E-state index contributed by atoms with van der Waals surface area (Å²) in [5, 5.41) is 42.6. The summed E-state index contributed by atoms with van der Waals surface area (Å²) in [5.74, 6) is -3.48. The van der Waals surface area contributed by atoms with E-state index >= 15 is 0 Å². The van der Waals surface area contributed by atoms with Crippen LogP contribution in [-0.2, 0) is 32.1 Å². The van der Waals surface area contributed by atoms with Gasteiger partial charge in [0.2, 0.25) is 5.91 Å². The number of nitrogens with one attached hydrogen (secondary N) is 1. The molecule has 1 aromatic heterocycles. The molecule has 14 heteroatoms. The summed E-state index contributed by atoms with van der Waals surface area (Å²) in [4.78, 5) is 47.2. The van der Waals surface area contributed by atoms with Crippen LogP contribution in [-0.4, -0.2) is 105 Å². The second kappa shape index (κ2) is 17.6. The van der Waals surface area contributed by atoms with Gasteiger partial charge in [0.05, 0.1) is 17.6 Å². The number of halogens is 1. The Morgan fingerprint density at radius 2 is 1.69 bits per heavy atom. The lowest BCUT2D eigenvalue weighted by Gasteiger charge is -2.25. The molecule has 13 nitrogen and oxygen atoms in total. The Bertz CT molecular complexity index is 1480. The Morgan fingerprint density at radius 3 is 2.31 bits per heavy atom. The van der Waals surface area contributed by atoms with Gasteiger partial charge in [0.25, 0.3) is 5.56 Å². The number of fused-ring (bicyclic) bond motifs is 1. The molecule has 1 fully saturated rings. The van der Waals surface area contributed by atoms with E-state index in [4.69, 9.17) is 41.9 Å². The Labute approximate surface area is 265 Å². The first kappa shape index (κ1) is 35.6. The molecule has 1 amide bonds. The van der Waals surface area contributed by atoms with E-state index in [1.165, 1.54) is 0 Å². The summed E-state index contributed by atoms with van der Waals surface area (Å²) >= 11 is 6.05. The number of nitrogens with zero attached hydrogens (tertiary/aromatic N) is 3. The van der Waals surface area contributed by atoms with Gasteiger partial charge in [-0.2, -0.15) is 5.10 Å². The second-order valence-electron chi connectivity index (χ2n) is 10.6. The van der Waals surface area contributed by atoms with Gasteiger partial charge in [-0.05, 0) is 49.6 Å². The van der Waals surface area contributed by atoms with Crippen LogP contribution >= 0.6 is 11.6 Å². The van der Waals surface area contributed by atoms with Crippen LogP contribution in [0.5, 0.6) is 0 Å². The van der Waals surface area contributed by atoms with Crippen molar-refractivity contribution in [3.8, 4) is 0 Å². The lowest BCUT2D eigenvalue weighted by molar-refractivity contribution is -0.165. The van der Waals surface area contributed by atoms with Crippen molar-refractivity contribution in [2.24, 2.45) is 0 Å². The van der Waals surface area contributed by atoms with E-state index in [2.05, 4.69) is 10.2 Å². The maximum absolute atomic E-state index is 13.3. The van der Waals surface area contributed by atoms with Gasteiger partial charge in [0.1, 0.15) is 0 Å². The highest BCUT2D eigenvalue weighted by atomic mass is 35.5. The Hall–Kier alpha value is -3.88. The van der Waals surface area contributed by atoms with Crippen LogP contribution < -0.4 is 10.9 Å². The van der Waals surface area contributed by atoms with Gasteiger partial charge in [-0.25, -0.2) is 14.3 Å². The Balaban J connectivity index is 0.000000477.